The summed E-state index contributed by atoms with van der Waals surface area (Å²) in [6.45, 7) is 1.52. The molecule has 6 nitrogen and oxygen atoms in total. The van der Waals surface area contributed by atoms with E-state index in [-0.39, 0.29) is 16.5 Å². The van der Waals surface area contributed by atoms with Crippen LogP contribution in [0.1, 0.15) is 16.1 Å². The van der Waals surface area contributed by atoms with E-state index in [1.54, 1.807) is 0 Å². The van der Waals surface area contributed by atoms with Gasteiger partial charge in [-0.25, -0.2) is 14.2 Å². The number of rotatable bonds is 2. The van der Waals surface area contributed by atoms with Crippen molar-refractivity contribution in [1.82, 2.24) is 4.98 Å². The molecule has 0 atom stereocenters. The number of fused-ring (bicyclic) bond motifs is 1. The Hall–Kier alpha value is -2.57. The highest BCUT2D eigenvalue weighted by molar-refractivity contribution is 6.03. The molecule has 0 aliphatic carbocycles. The molecule has 1 heterocycles. The molecule has 18 heavy (non-hydrogen) atoms. The standard InChI is InChI=1S/C11H7FN2O4/c1-5-2-8(11(15)16)7-3-6(14(17)18)4-9(12)10(7)13-5/h2-4H,1H3,(H,15,16). The number of nitro benzene ring substituents is 1. The number of carboxylic acids is 1. The molecule has 0 aliphatic rings. The monoisotopic (exact) mass is 250 g/mol. The number of nitrogens with zero attached hydrogens (tertiary/aromatic N) is 2. The van der Waals surface area contributed by atoms with Gasteiger partial charge in [0, 0.05) is 17.1 Å². The molecular formula is C11H7FN2O4. The third-order valence-corrected chi connectivity index (χ3v) is 2.42. The van der Waals surface area contributed by atoms with Crippen LogP contribution >= 0.6 is 0 Å². The third-order valence-electron chi connectivity index (χ3n) is 2.42. The first-order chi connectivity index (χ1) is 8.40. The van der Waals surface area contributed by atoms with E-state index in [0.29, 0.717) is 5.69 Å². The minimum Gasteiger partial charge on any atom is -0.478 e. The van der Waals surface area contributed by atoms with Gasteiger partial charge in [0.15, 0.2) is 5.82 Å². The van der Waals surface area contributed by atoms with E-state index < -0.39 is 22.4 Å². The summed E-state index contributed by atoms with van der Waals surface area (Å²) in [7, 11) is 0. The SMILES string of the molecule is Cc1cc(C(=O)O)c2cc([N+](=O)[O-])cc(F)c2n1. The normalized spacial score (nSPS) is 10.6. The van der Waals surface area contributed by atoms with Crippen LogP contribution in [0, 0.1) is 22.9 Å². The van der Waals surface area contributed by atoms with E-state index >= 15 is 0 Å². The lowest BCUT2D eigenvalue weighted by Gasteiger charge is -2.05. The highest BCUT2D eigenvalue weighted by atomic mass is 19.1. The lowest BCUT2D eigenvalue weighted by Crippen LogP contribution is -2.02. The van der Waals surface area contributed by atoms with Crippen LogP contribution in [0.5, 0.6) is 0 Å². The van der Waals surface area contributed by atoms with E-state index in [1.807, 2.05) is 0 Å². The molecule has 0 saturated heterocycles. The molecule has 2 rings (SSSR count). The number of aromatic carboxylic acids is 1. The van der Waals surface area contributed by atoms with Crippen LogP contribution < -0.4 is 0 Å². The van der Waals surface area contributed by atoms with Gasteiger partial charge in [-0.2, -0.15) is 0 Å². The minimum atomic E-state index is -1.29. The van der Waals surface area contributed by atoms with Crippen molar-refractivity contribution in [2.75, 3.05) is 0 Å². The minimum absolute atomic E-state index is 0.0835. The Labute approximate surface area is 99.8 Å². The fourth-order valence-electron chi connectivity index (χ4n) is 1.68. The number of aromatic nitrogens is 1. The highest BCUT2D eigenvalue weighted by Crippen LogP contribution is 2.26. The first-order valence-electron chi connectivity index (χ1n) is 4.88. The molecule has 92 valence electrons. The van der Waals surface area contributed by atoms with Crippen molar-refractivity contribution in [3.63, 3.8) is 0 Å². The van der Waals surface area contributed by atoms with Gasteiger partial charge in [-0.1, -0.05) is 0 Å². The Balaban J connectivity index is 2.92. The predicted octanol–water partition coefficient (Wildman–Crippen LogP) is 2.29. The van der Waals surface area contributed by atoms with Crippen LogP contribution in [0.2, 0.25) is 0 Å². The van der Waals surface area contributed by atoms with Crippen molar-refractivity contribution in [1.29, 1.82) is 0 Å². The fraction of sp³-hybridized carbons (Fsp3) is 0.0909. The zero-order valence-corrected chi connectivity index (χ0v) is 9.18. The van der Waals surface area contributed by atoms with E-state index in [0.717, 1.165) is 12.1 Å². The number of carboxylic acid groups (broad SMARTS) is 1. The summed E-state index contributed by atoms with van der Waals surface area (Å²) < 4.78 is 13.7. The Morgan fingerprint density at radius 3 is 2.67 bits per heavy atom. The number of benzene rings is 1. The summed E-state index contributed by atoms with van der Waals surface area (Å²) in [5, 5.41) is 19.5. The number of hydrogen-bond acceptors (Lipinski definition) is 4. The molecule has 0 bridgehead atoms. The summed E-state index contributed by atoms with van der Waals surface area (Å²) in [4.78, 5) is 24.7. The fourth-order valence-corrected chi connectivity index (χ4v) is 1.68. The summed E-state index contributed by atoms with van der Waals surface area (Å²) in [5.74, 6) is -2.20. The number of carbonyl (C=O) groups is 1. The van der Waals surface area contributed by atoms with Crippen molar-refractivity contribution in [2.45, 2.75) is 6.92 Å². The number of hydrogen-bond donors (Lipinski definition) is 1. The number of nitro groups is 1. The second-order valence-corrected chi connectivity index (χ2v) is 3.70. The van der Waals surface area contributed by atoms with Crippen molar-refractivity contribution >= 4 is 22.6 Å². The van der Waals surface area contributed by atoms with E-state index in [4.69, 9.17) is 5.11 Å². The van der Waals surface area contributed by atoms with Crippen LogP contribution in [0.25, 0.3) is 10.9 Å². The van der Waals surface area contributed by atoms with Crippen molar-refractivity contribution in [3.05, 3.63) is 45.4 Å². The van der Waals surface area contributed by atoms with Crippen LogP contribution in [-0.2, 0) is 0 Å². The van der Waals surface area contributed by atoms with Gasteiger partial charge in [0.25, 0.3) is 5.69 Å². The molecule has 7 heteroatoms. The van der Waals surface area contributed by atoms with Crippen LogP contribution in [0.15, 0.2) is 18.2 Å². The Kier molecular flexibility index (Phi) is 2.66. The van der Waals surface area contributed by atoms with Crippen molar-refractivity contribution in [2.24, 2.45) is 0 Å². The van der Waals surface area contributed by atoms with Crippen LogP contribution in [0.4, 0.5) is 10.1 Å². The van der Waals surface area contributed by atoms with Gasteiger partial charge in [0.05, 0.1) is 16.6 Å². The second-order valence-electron chi connectivity index (χ2n) is 3.70. The lowest BCUT2D eigenvalue weighted by molar-refractivity contribution is -0.384. The van der Waals surface area contributed by atoms with Gasteiger partial charge in [-0.3, -0.25) is 10.1 Å². The van der Waals surface area contributed by atoms with Gasteiger partial charge >= 0.3 is 5.97 Å². The molecule has 0 radical (unpaired) electrons. The molecule has 0 fully saturated rings. The average Bonchev–Trinajstić information content (AvgIpc) is 2.28. The van der Waals surface area contributed by atoms with Crippen molar-refractivity contribution < 1.29 is 19.2 Å². The van der Waals surface area contributed by atoms with E-state index in [2.05, 4.69) is 4.98 Å². The zero-order valence-electron chi connectivity index (χ0n) is 9.18. The Morgan fingerprint density at radius 1 is 1.44 bits per heavy atom. The van der Waals surface area contributed by atoms with Crippen molar-refractivity contribution in [3.8, 4) is 0 Å². The summed E-state index contributed by atoms with van der Waals surface area (Å²) in [5.41, 5.74) is -0.570. The van der Waals surface area contributed by atoms with Gasteiger partial charge in [-0.05, 0) is 13.0 Å². The Bertz CT molecular complexity index is 684. The molecule has 1 aromatic carbocycles. The number of non-ortho nitro benzene ring substituents is 1. The summed E-state index contributed by atoms with van der Waals surface area (Å²) in [6, 6.07) is 2.97. The van der Waals surface area contributed by atoms with Crippen LogP contribution in [0.3, 0.4) is 0 Å². The summed E-state index contributed by atoms with van der Waals surface area (Å²) >= 11 is 0. The number of pyridine rings is 1. The average molecular weight is 250 g/mol. The predicted molar refractivity (Wildman–Crippen MR) is 60.1 cm³/mol. The lowest BCUT2D eigenvalue weighted by atomic mass is 10.1. The van der Waals surface area contributed by atoms with Gasteiger partial charge in [0.2, 0.25) is 0 Å². The quantitative estimate of drug-likeness (QED) is 0.651. The number of halogens is 1. The molecule has 1 N–H and O–H groups in total. The largest absolute Gasteiger partial charge is 0.478 e. The van der Waals surface area contributed by atoms with E-state index in [1.165, 1.54) is 13.0 Å². The first-order valence-corrected chi connectivity index (χ1v) is 4.88. The molecule has 1 aromatic heterocycles. The second kappa shape index (κ2) is 4.02. The maximum absolute atomic E-state index is 13.7. The molecule has 0 amide bonds. The number of aryl methyl sites for hydroxylation is 1. The molecule has 0 spiro atoms. The van der Waals surface area contributed by atoms with Gasteiger partial charge < -0.3 is 5.11 Å². The smallest absolute Gasteiger partial charge is 0.336 e. The van der Waals surface area contributed by atoms with Crippen LogP contribution in [-0.4, -0.2) is 21.0 Å². The van der Waals surface area contributed by atoms with Gasteiger partial charge in [-0.15, -0.1) is 0 Å². The topological polar surface area (TPSA) is 93.3 Å². The summed E-state index contributed by atoms with van der Waals surface area (Å²) in [6.07, 6.45) is 0. The molecule has 2 aromatic rings. The molecule has 0 unspecified atom stereocenters. The van der Waals surface area contributed by atoms with Gasteiger partial charge in [0.1, 0.15) is 5.52 Å². The molecule has 0 saturated carbocycles. The first kappa shape index (κ1) is 11.9. The maximum atomic E-state index is 13.7. The Morgan fingerprint density at radius 2 is 2.11 bits per heavy atom. The molecule has 0 aliphatic heterocycles. The third kappa shape index (κ3) is 1.86. The maximum Gasteiger partial charge on any atom is 0.336 e. The van der Waals surface area contributed by atoms with E-state index in [9.17, 15) is 19.3 Å². The zero-order chi connectivity index (χ0) is 13.4. The highest BCUT2D eigenvalue weighted by Gasteiger charge is 2.18. The molecular weight excluding hydrogens is 243 g/mol.